The van der Waals surface area contributed by atoms with E-state index in [2.05, 4.69) is 0 Å². The number of sulfone groups is 1. The summed E-state index contributed by atoms with van der Waals surface area (Å²) in [5.41, 5.74) is 0. The molecule has 0 aromatic heterocycles. The number of nitrogens with zero attached hydrogens (tertiary/aromatic N) is 1. The molecule has 1 heterocycles. The van der Waals surface area contributed by atoms with Gasteiger partial charge in [0.05, 0.1) is 11.5 Å². The monoisotopic (exact) mass is 233 g/mol. The molecule has 1 unspecified atom stereocenters. The lowest BCUT2D eigenvalue weighted by molar-refractivity contribution is -0.132. The summed E-state index contributed by atoms with van der Waals surface area (Å²) in [5, 5.41) is 0. The summed E-state index contributed by atoms with van der Waals surface area (Å²) < 4.78 is 22.5. The van der Waals surface area contributed by atoms with Crippen molar-refractivity contribution in [2.24, 2.45) is 5.92 Å². The Morgan fingerprint density at radius 1 is 1.47 bits per heavy atom. The van der Waals surface area contributed by atoms with E-state index in [0.29, 0.717) is 18.8 Å². The Bertz CT molecular complexity index is 335. The molecule has 1 saturated heterocycles. The van der Waals surface area contributed by atoms with Gasteiger partial charge < -0.3 is 4.90 Å². The maximum absolute atomic E-state index is 11.7. The van der Waals surface area contributed by atoms with Gasteiger partial charge in [-0.3, -0.25) is 4.79 Å². The van der Waals surface area contributed by atoms with Crippen LogP contribution in [-0.4, -0.2) is 43.8 Å². The molecule has 0 bridgehead atoms. The second-order valence-electron chi connectivity index (χ2n) is 4.66. The van der Waals surface area contributed by atoms with Crippen molar-refractivity contribution in [1.29, 1.82) is 0 Å². The van der Waals surface area contributed by atoms with E-state index in [1.165, 1.54) is 0 Å². The Labute approximate surface area is 91.6 Å². The molecule has 15 heavy (non-hydrogen) atoms. The molecule has 1 atom stereocenters. The van der Waals surface area contributed by atoms with Crippen LogP contribution in [0.1, 0.15) is 26.7 Å². The summed E-state index contributed by atoms with van der Waals surface area (Å²) in [6, 6.07) is -0.110. The smallest absolute Gasteiger partial charge is 0.222 e. The average molecular weight is 233 g/mol. The van der Waals surface area contributed by atoms with E-state index in [0.717, 1.165) is 0 Å². The van der Waals surface area contributed by atoms with Crippen molar-refractivity contribution in [3.05, 3.63) is 0 Å². The highest BCUT2D eigenvalue weighted by Crippen LogP contribution is 2.17. The Kier molecular flexibility index (Phi) is 3.76. The fraction of sp³-hybridized carbons (Fsp3) is 0.900. The van der Waals surface area contributed by atoms with E-state index in [1.807, 2.05) is 13.8 Å². The molecular weight excluding hydrogens is 214 g/mol. The zero-order valence-electron chi connectivity index (χ0n) is 9.56. The maximum Gasteiger partial charge on any atom is 0.222 e. The molecule has 5 heteroatoms. The lowest BCUT2D eigenvalue weighted by Gasteiger charge is -2.24. The molecular formula is C10H19NO3S. The summed E-state index contributed by atoms with van der Waals surface area (Å²) in [7, 11) is -1.19. The first-order valence-electron chi connectivity index (χ1n) is 5.28. The van der Waals surface area contributed by atoms with Crippen molar-refractivity contribution in [3.63, 3.8) is 0 Å². The largest absolute Gasteiger partial charge is 0.342 e. The van der Waals surface area contributed by atoms with Crippen molar-refractivity contribution < 1.29 is 13.2 Å². The first-order valence-corrected chi connectivity index (χ1v) is 7.10. The van der Waals surface area contributed by atoms with Crippen LogP contribution in [0, 0.1) is 5.92 Å². The van der Waals surface area contributed by atoms with Gasteiger partial charge in [-0.1, -0.05) is 13.8 Å². The molecule has 1 amide bonds. The molecule has 88 valence electrons. The Hall–Kier alpha value is -0.580. The molecule has 1 rings (SSSR count). The van der Waals surface area contributed by atoms with E-state index in [9.17, 15) is 13.2 Å². The van der Waals surface area contributed by atoms with Crippen LogP contribution in [0.3, 0.4) is 0 Å². The van der Waals surface area contributed by atoms with Gasteiger partial charge in [-0.15, -0.1) is 0 Å². The van der Waals surface area contributed by atoms with Crippen LogP contribution in [-0.2, 0) is 14.6 Å². The van der Waals surface area contributed by atoms with Crippen molar-refractivity contribution in [1.82, 2.24) is 4.90 Å². The minimum Gasteiger partial charge on any atom is -0.342 e. The molecule has 1 fully saturated rings. The molecule has 0 N–H and O–H groups in total. The summed E-state index contributed by atoms with van der Waals surface area (Å²) in [6.07, 6.45) is 1.08. The van der Waals surface area contributed by atoms with Crippen LogP contribution < -0.4 is 0 Å². The van der Waals surface area contributed by atoms with Crippen LogP contribution in [0.4, 0.5) is 0 Å². The number of rotatable bonds is 3. The van der Waals surface area contributed by atoms with Gasteiger partial charge in [0.25, 0.3) is 0 Å². The Morgan fingerprint density at radius 2 is 2.07 bits per heavy atom. The predicted molar refractivity (Wildman–Crippen MR) is 59.3 cm³/mol. The standard InChI is InChI=1S/C10H19NO3S/c1-8(2)6-10(12)11(3)9-4-5-15(13,14)7-9/h8-9H,4-7H2,1-3H3. The maximum atomic E-state index is 11.7. The number of hydrogen-bond acceptors (Lipinski definition) is 3. The minimum atomic E-state index is -2.90. The fourth-order valence-electron chi connectivity index (χ4n) is 1.78. The van der Waals surface area contributed by atoms with Crippen LogP contribution in [0.5, 0.6) is 0 Å². The predicted octanol–water partition coefficient (Wildman–Crippen LogP) is 0.678. The molecule has 0 saturated carbocycles. The zero-order valence-corrected chi connectivity index (χ0v) is 10.4. The molecule has 0 aromatic rings. The third-order valence-corrected chi connectivity index (χ3v) is 4.48. The summed E-state index contributed by atoms with van der Waals surface area (Å²) in [4.78, 5) is 13.3. The minimum absolute atomic E-state index is 0.0482. The highest BCUT2D eigenvalue weighted by atomic mass is 32.2. The third kappa shape index (κ3) is 3.48. The van der Waals surface area contributed by atoms with Gasteiger partial charge in [0.1, 0.15) is 0 Å². The lowest BCUT2D eigenvalue weighted by Crippen LogP contribution is -2.38. The van der Waals surface area contributed by atoms with Gasteiger partial charge in [0.15, 0.2) is 9.84 Å². The van der Waals surface area contributed by atoms with Gasteiger partial charge in [0, 0.05) is 19.5 Å². The number of carbonyl (C=O) groups excluding carboxylic acids is 1. The highest BCUT2D eigenvalue weighted by Gasteiger charge is 2.32. The van der Waals surface area contributed by atoms with Crippen LogP contribution >= 0.6 is 0 Å². The van der Waals surface area contributed by atoms with E-state index in [-0.39, 0.29) is 23.5 Å². The SMILES string of the molecule is CC(C)CC(=O)N(C)C1CCS(=O)(=O)C1. The molecule has 0 radical (unpaired) electrons. The van der Waals surface area contributed by atoms with Crippen LogP contribution in [0.15, 0.2) is 0 Å². The van der Waals surface area contributed by atoms with Gasteiger partial charge in [-0.05, 0) is 12.3 Å². The molecule has 4 nitrogen and oxygen atoms in total. The van der Waals surface area contributed by atoms with Gasteiger partial charge in [0.2, 0.25) is 5.91 Å². The molecule has 1 aliphatic rings. The molecule has 0 aliphatic carbocycles. The normalized spacial score (nSPS) is 24.4. The topological polar surface area (TPSA) is 54.5 Å². The van der Waals surface area contributed by atoms with Crippen molar-refractivity contribution in [2.75, 3.05) is 18.6 Å². The first kappa shape index (κ1) is 12.5. The first-order chi connectivity index (χ1) is 6.82. The van der Waals surface area contributed by atoms with E-state index < -0.39 is 9.84 Å². The number of carbonyl (C=O) groups is 1. The second-order valence-corrected chi connectivity index (χ2v) is 6.89. The van der Waals surface area contributed by atoms with E-state index in [4.69, 9.17) is 0 Å². The van der Waals surface area contributed by atoms with Gasteiger partial charge in [-0.25, -0.2) is 8.42 Å². The fourth-order valence-corrected chi connectivity index (χ4v) is 3.55. The average Bonchev–Trinajstić information content (AvgIpc) is 2.43. The summed E-state index contributed by atoms with van der Waals surface area (Å²) in [6.45, 7) is 3.97. The van der Waals surface area contributed by atoms with E-state index >= 15 is 0 Å². The van der Waals surface area contributed by atoms with Gasteiger partial charge in [-0.2, -0.15) is 0 Å². The summed E-state index contributed by atoms with van der Waals surface area (Å²) >= 11 is 0. The lowest BCUT2D eigenvalue weighted by atomic mass is 10.1. The third-order valence-electron chi connectivity index (χ3n) is 2.73. The van der Waals surface area contributed by atoms with Gasteiger partial charge >= 0.3 is 0 Å². The van der Waals surface area contributed by atoms with Crippen LogP contribution in [0.25, 0.3) is 0 Å². The second kappa shape index (κ2) is 4.51. The Balaban J connectivity index is 2.55. The Morgan fingerprint density at radius 3 is 2.47 bits per heavy atom. The zero-order chi connectivity index (χ0) is 11.6. The van der Waals surface area contributed by atoms with Crippen molar-refractivity contribution in [3.8, 4) is 0 Å². The van der Waals surface area contributed by atoms with Crippen LogP contribution in [0.2, 0.25) is 0 Å². The van der Waals surface area contributed by atoms with E-state index in [1.54, 1.807) is 11.9 Å². The summed E-state index contributed by atoms with van der Waals surface area (Å²) in [5.74, 6) is 0.717. The molecule has 0 spiro atoms. The highest BCUT2D eigenvalue weighted by molar-refractivity contribution is 7.91. The quantitative estimate of drug-likeness (QED) is 0.720. The van der Waals surface area contributed by atoms with Crippen molar-refractivity contribution in [2.45, 2.75) is 32.7 Å². The molecule has 1 aliphatic heterocycles. The number of amides is 1. The number of hydrogen-bond donors (Lipinski definition) is 0. The molecule has 0 aromatic carbocycles. The van der Waals surface area contributed by atoms with Crippen molar-refractivity contribution >= 4 is 15.7 Å².